The average molecular weight is 338 g/mol. The highest BCUT2D eigenvalue weighted by atomic mass is 31.2. The highest BCUT2D eigenvalue weighted by molar-refractivity contribution is 7.60. The monoisotopic (exact) mass is 338 g/mol. The third-order valence-electron chi connectivity index (χ3n) is 4.21. The van der Waals surface area contributed by atoms with Gasteiger partial charge in [0, 0.05) is 20.1 Å². The van der Waals surface area contributed by atoms with Crippen LogP contribution in [0.3, 0.4) is 0 Å². The molecule has 2 atom stereocenters. The Labute approximate surface area is 137 Å². The van der Waals surface area contributed by atoms with Gasteiger partial charge >= 0.3 is 7.60 Å². The first kappa shape index (κ1) is 18.1. The van der Waals surface area contributed by atoms with E-state index in [4.69, 9.17) is 13.8 Å². The lowest BCUT2D eigenvalue weighted by Gasteiger charge is -2.29. The standard InChI is InChI=1S/C17H23O5P/c1-13-15(12-22-11-14-7-5-4-6-8-14)9-10-16(17(13)18)23(19,20-2)21-3/h4-8,10,13,15H,9,11-12H2,1-3H3/t13-,15-/m1/s1. The summed E-state index contributed by atoms with van der Waals surface area (Å²) in [5.74, 6) is -0.391. The smallest absolute Gasteiger partial charge is 0.364 e. The molecule has 0 unspecified atom stereocenters. The van der Waals surface area contributed by atoms with Crippen molar-refractivity contribution in [3.8, 4) is 0 Å². The van der Waals surface area contributed by atoms with Gasteiger partial charge in [-0.3, -0.25) is 9.36 Å². The summed E-state index contributed by atoms with van der Waals surface area (Å²) >= 11 is 0. The van der Waals surface area contributed by atoms with Crippen LogP contribution in [0.5, 0.6) is 0 Å². The van der Waals surface area contributed by atoms with Gasteiger partial charge in [0.05, 0.1) is 13.2 Å². The third-order valence-corrected chi connectivity index (χ3v) is 6.16. The fourth-order valence-electron chi connectivity index (χ4n) is 2.65. The third kappa shape index (κ3) is 4.18. The number of rotatable bonds is 7. The van der Waals surface area contributed by atoms with Crippen molar-refractivity contribution in [2.24, 2.45) is 11.8 Å². The maximum Gasteiger partial charge on any atom is 0.364 e. The first-order valence-corrected chi connectivity index (χ1v) is 9.14. The molecule has 0 saturated carbocycles. The Balaban J connectivity index is 1.97. The van der Waals surface area contributed by atoms with E-state index < -0.39 is 7.60 Å². The van der Waals surface area contributed by atoms with E-state index in [-0.39, 0.29) is 22.9 Å². The number of ketones is 1. The lowest BCUT2D eigenvalue weighted by molar-refractivity contribution is -0.121. The van der Waals surface area contributed by atoms with Gasteiger partial charge in [0.1, 0.15) is 5.31 Å². The van der Waals surface area contributed by atoms with Gasteiger partial charge in [0.15, 0.2) is 5.78 Å². The fraction of sp³-hybridized carbons (Fsp3) is 0.471. The molecule has 1 aliphatic carbocycles. The van der Waals surface area contributed by atoms with Crippen molar-refractivity contribution in [1.82, 2.24) is 0 Å². The first-order chi connectivity index (χ1) is 11.0. The van der Waals surface area contributed by atoms with Crippen LogP contribution in [0, 0.1) is 11.8 Å². The van der Waals surface area contributed by atoms with E-state index in [1.54, 1.807) is 6.08 Å². The van der Waals surface area contributed by atoms with Crippen molar-refractivity contribution >= 4 is 13.4 Å². The molecule has 23 heavy (non-hydrogen) atoms. The molecule has 6 heteroatoms. The van der Waals surface area contributed by atoms with E-state index in [0.717, 1.165) is 5.56 Å². The molecule has 0 saturated heterocycles. The van der Waals surface area contributed by atoms with Crippen LogP contribution >= 0.6 is 7.60 Å². The Hall–Kier alpha value is -1.26. The van der Waals surface area contributed by atoms with Crippen molar-refractivity contribution in [2.75, 3.05) is 20.8 Å². The van der Waals surface area contributed by atoms with Crippen LogP contribution in [0.4, 0.5) is 0 Å². The number of benzene rings is 1. The van der Waals surface area contributed by atoms with E-state index in [2.05, 4.69) is 0 Å². The lowest BCUT2D eigenvalue weighted by Crippen LogP contribution is -2.29. The van der Waals surface area contributed by atoms with Crippen molar-refractivity contribution in [1.29, 1.82) is 0 Å². The molecule has 126 valence electrons. The minimum atomic E-state index is -3.48. The Kier molecular flexibility index (Phi) is 6.31. The summed E-state index contributed by atoms with van der Waals surface area (Å²) in [7, 11) is -0.900. The van der Waals surface area contributed by atoms with Gasteiger partial charge < -0.3 is 13.8 Å². The minimum Gasteiger partial charge on any atom is -0.376 e. The van der Waals surface area contributed by atoms with Gasteiger partial charge in [0.2, 0.25) is 0 Å². The SMILES string of the molecule is COP(=O)(OC)C1=CC[C@H](COCc2ccccc2)[C@@H](C)C1=O. The summed E-state index contributed by atoms with van der Waals surface area (Å²) in [6.07, 6.45) is 2.29. The van der Waals surface area contributed by atoms with E-state index >= 15 is 0 Å². The average Bonchev–Trinajstić information content (AvgIpc) is 2.59. The van der Waals surface area contributed by atoms with Crippen LogP contribution < -0.4 is 0 Å². The molecule has 1 aromatic carbocycles. The molecule has 0 N–H and O–H groups in total. The van der Waals surface area contributed by atoms with Crippen LogP contribution in [0.15, 0.2) is 41.7 Å². The number of hydrogen-bond acceptors (Lipinski definition) is 5. The van der Waals surface area contributed by atoms with E-state index in [1.165, 1.54) is 14.2 Å². The zero-order valence-corrected chi connectivity index (χ0v) is 14.6. The second kappa shape index (κ2) is 8.02. The van der Waals surface area contributed by atoms with E-state index in [0.29, 0.717) is 19.6 Å². The molecule has 0 aliphatic heterocycles. The minimum absolute atomic E-state index is 0.0668. The Bertz CT molecular complexity index is 603. The maximum atomic E-state index is 12.5. The molecule has 0 radical (unpaired) electrons. The summed E-state index contributed by atoms with van der Waals surface area (Å²) in [6.45, 7) is 2.83. The Morgan fingerprint density at radius 3 is 2.43 bits per heavy atom. The molecule has 0 bridgehead atoms. The van der Waals surface area contributed by atoms with Gasteiger partial charge in [-0.2, -0.15) is 0 Å². The number of hydrogen-bond donors (Lipinski definition) is 0. The molecule has 2 rings (SSSR count). The van der Waals surface area contributed by atoms with Crippen molar-refractivity contribution in [3.05, 3.63) is 47.3 Å². The molecule has 0 fully saturated rings. The summed E-state index contributed by atoms with van der Waals surface area (Å²) in [4.78, 5) is 12.5. The molecule has 1 aromatic rings. The van der Waals surface area contributed by atoms with Crippen LogP contribution in [0.2, 0.25) is 0 Å². The summed E-state index contributed by atoms with van der Waals surface area (Å²) in [5.41, 5.74) is 1.10. The lowest BCUT2D eigenvalue weighted by atomic mass is 9.84. The normalized spacial score (nSPS) is 22.0. The summed E-state index contributed by atoms with van der Waals surface area (Å²) in [5, 5.41) is 0.161. The number of carbonyl (C=O) groups excluding carboxylic acids is 1. The van der Waals surface area contributed by atoms with E-state index in [1.807, 2.05) is 37.3 Å². The number of ether oxygens (including phenoxy) is 1. The summed E-state index contributed by atoms with van der Waals surface area (Å²) in [6, 6.07) is 9.89. The number of carbonyl (C=O) groups is 1. The molecular weight excluding hydrogens is 315 g/mol. The molecule has 1 aliphatic rings. The van der Waals surface area contributed by atoms with Crippen LogP contribution in [0.25, 0.3) is 0 Å². The second-order valence-electron chi connectivity index (χ2n) is 5.60. The van der Waals surface area contributed by atoms with Crippen molar-refractivity contribution in [3.63, 3.8) is 0 Å². The van der Waals surface area contributed by atoms with Crippen molar-refractivity contribution in [2.45, 2.75) is 20.0 Å². The molecule has 0 amide bonds. The highest BCUT2D eigenvalue weighted by Gasteiger charge is 2.40. The quantitative estimate of drug-likeness (QED) is 0.708. The molecule has 5 nitrogen and oxygen atoms in total. The van der Waals surface area contributed by atoms with Crippen LogP contribution in [-0.4, -0.2) is 26.6 Å². The summed E-state index contributed by atoms with van der Waals surface area (Å²) < 4.78 is 28.0. The van der Waals surface area contributed by atoms with Crippen molar-refractivity contribution < 1.29 is 23.1 Å². The predicted molar refractivity (Wildman–Crippen MR) is 88.1 cm³/mol. The van der Waals surface area contributed by atoms with Gasteiger partial charge in [-0.15, -0.1) is 0 Å². The zero-order chi connectivity index (χ0) is 16.9. The first-order valence-electron chi connectivity index (χ1n) is 7.60. The van der Waals surface area contributed by atoms with Gasteiger partial charge in [-0.05, 0) is 17.9 Å². The van der Waals surface area contributed by atoms with Crippen LogP contribution in [-0.2, 0) is 29.8 Å². The zero-order valence-electron chi connectivity index (χ0n) is 13.7. The predicted octanol–water partition coefficient (Wildman–Crippen LogP) is 3.80. The molecule has 0 spiro atoms. The Morgan fingerprint density at radius 1 is 1.17 bits per heavy atom. The largest absolute Gasteiger partial charge is 0.376 e. The topological polar surface area (TPSA) is 61.8 Å². The maximum absolute atomic E-state index is 12.5. The molecular formula is C17H23O5P. The van der Waals surface area contributed by atoms with Crippen LogP contribution in [0.1, 0.15) is 18.9 Å². The van der Waals surface area contributed by atoms with E-state index in [9.17, 15) is 9.36 Å². The van der Waals surface area contributed by atoms with Gasteiger partial charge in [-0.25, -0.2) is 0 Å². The van der Waals surface area contributed by atoms with Gasteiger partial charge in [0.25, 0.3) is 0 Å². The molecule has 0 heterocycles. The van der Waals surface area contributed by atoms with Gasteiger partial charge in [-0.1, -0.05) is 43.3 Å². The number of Topliss-reactive ketones (excluding diaryl/α,β-unsaturated/α-hetero) is 1. The number of allylic oxidation sites excluding steroid dienone is 2. The second-order valence-corrected chi connectivity index (χ2v) is 7.81. The Morgan fingerprint density at radius 2 is 1.83 bits per heavy atom. The fourth-order valence-corrected chi connectivity index (χ4v) is 3.99. The highest BCUT2D eigenvalue weighted by Crippen LogP contribution is 2.57. The molecule has 0 aromatic heterocycles.